The molecule has 0 radical (unpaired) electrons. The van der Waals surface area contributed by atoms with Crippen LogP contribution in [0.25, 0.3) is 11.0 Å². The van der Waals surface area contributed by atoms with E-state index in [0.29, 0.717) is 18.0 Å². The molecule has 1 aromatic carbocycles. The van der Waals surface area contributed by atoms with Gasteiger partial charge in [-0.3, -0.25) is 4.79 Å². The normalized spacial score (nSPS) is 12.5. The van der Waals surface area contributed by atoms with Crippen LogP contribution in [0.4, 0.5) is 5.82 Å². The molecule has 6 nitrogen and oxygen atoms in total. The minimum Gasteiger partial charge on any atom is -0.360 e. The third-order valence-corrected chi connectivity index (χ3v) is 4.94. The largest absolute Gasteiger partial charge is 0.360 e. The van der Waals surface area contributed by atoms with Gasteiger partial charge in [0.05, 0.1) is 16.3 Å². The van der Waals surface area contributed by atoms with Crippen molar-refractivity contribution >= 4 is 34.5 Å². The first-order valence-corrected chi connectivity index (χ1v) is 8.28. The number of nitrogens with zero attached hydrogens (tertiary/aromatic N) is 3. The number of benzene rings is 1. The van der Waals surface area contributed by atoms with Crippen molar-refractivity contribution < 1.29 is 9.32 Å². The van der Waals surface area contributed by atoms with Crippen molar-refractivity contribution in [1.82, 2.24) is 14.7 Å². The average molecular weight is 330 g/mol. The molecule has 1 atom stereocenters. The van der Waals surface area contributed by atoms with Gasteiger partial charge in [-0.05, 0) is 25.5 Å². The standard InChI is InChI=1S/C16H18N4O2S/c1-4-13(15(21)18-14-9-10(2)22-19-14)23-16-17-11-7-5-6-8-12(11)20(16)3/h5-9,13H,4H2,1-3H3,(H,18,19,21)/t13-/m1/s1. The van der Waals surface area contributed by atoms with Gasteiger partial charge in [-0.2, -0.15) is 0 Å². The van der Waals surface area contributed by atoms with Crippen molar-refractivity contribution in [2.45, 2.75) is 30.7 Å². The molecule has 3 rings (SSSR count). The number of aryl methyl sites for hydroxylation is 2. The lowest BCUT2D eigenvalue weighted by Crippen LogP contribution is -2.25. The zero-order valence-electron chi connectivity index (χ0n) is 13.2. The van der Waals surface area contributed by atoms with Gasteiger partial charge in [0.15, 0.2) is 11.0 Å². The number of carbonyl (C=O) groups is 1. The number of hydrogen-bond donors (Lipinski definition) is 1. The summed E-state index contributed by atoms with van der Waals surface area (Å²) in [6.07, 6.45) is 0.691. The molecule has 1 amide bonds. The molecule has 1 N–H and O–H groups in total. The highest BCUT2D eigenvalue weighted by molar-refractivity contribution is 8.00. The van der Waals surface area contributed by atoms with Crippen LogP contribution in [-0.4, -0.2) is 25.9 Å². The number of rotatable bonds is 5. The predicted molar refractivity (Wildman–Crippen MR) is 90.5 cm³/mol. The monoisotopic (exact) mass is 330 g/mol. The van der Waals surface area contributed by atoms with Gasteiger partial charge in [0.1, 0.15) is 5.76 Å². The van der Waals surface area contributed by atoms with Crippen LogP contribution in [0.5, 0.6) is 0 Å². The van der Waals surface area contributed by atoms with Gasteiger partial charge in [0.2, 0.25) is 5.91 Å². The molecular weight excluding hydrogens is 312 g/mol. The van der Waals surface area contributed by atoms with Crippen molar-refractivity contribution in [3.8, 4) is 0 Å². The molecule has 0 aliphatic carbocycles. The molecule has 120 valence electrons. The van der Waals surface area contributed by atoms with E-state index in [4.69, 9.17) is 4.52 Å². The van der Waals surface area contributed by atoms with Gasteiger partial charge < -0.3 is 14.4 Å². The third kappa shape index (κ3) is 3.24. The van der Waals surface area contributed by atoms with E-state index < -0.39 is 0 Å². The van der Waals surface area contributed by atoms with Crippen molar-refractivity contribution in [1.29, 1.82) is 0 Å². The van der Waals surface area contributed by atoms with Gasteiger partial charge in [0, 0.05) is 13.1 Å². The lowest BCUT2D eigenvalue weighted by molar-refractivity contribution is -0.115. The lowest BCUT2D eigenvalue weighted by atomic mass is 10.3. The van der Waals surface area contributed by atoms with Crippen molar-refractivity contribution in [3.05, 3.63) is 36.1 Å². The lowest BCUT2D eigenvalue weighted by Gasteiger charge is -2.13. The van der Waals surface area contributed by atoms with Gasteiger partial charge in [0.25, 0.3) is 0 Å². The topological polar surface area (TPSA) is 73.0 Å². The second-order valence-corrected chi connectivity index (χ2v) is 6.44. The maximum atomic E-state index is 12.4. The Kier molecular flexibility index (Phi) is 4.38. The van der Waals surface area contributed by atoms with E-state index >= 15 is 0 Å². The highest BCUT2D eigenvalue weighted by Crippen LogP contribution is 2.28. The maximum Gasteiger partial charge on any atom is 0.239 e. The molecule has 0 aliphatic heterocycles. The molecular formula is C16H18N4O2S. The van der Waals surface area contributed by atoms with Crippen LogP contribution in [0, 0.1) is 6.92 Å². The number of imidazole rings is 1. The molecule has 2 heterocycles. The van der Waals surface area contributed by atoms with Crippen molar-refractivity contribution in [3.63, 3.8) is 0 Å². The number of para-hydroxylation sites is 2. The molecule has 23 heavy (non-hydrogen) atoms. The van der Waals surface area contributed by atoms with Crippen LogP contribution >= 0.6 is 11.8 Å². The SMILES string of the molecule is CC[C@@H](Sc1nc2ccccc2n1C)C(=O)Nc1cc(C)on1. The zero-order chi connectivity index (χ0) is 16.4. The fraction of sp³-hybridized carbons (Fsp3) is 0.312. The summed E-state index contributed by atoms with van der Waals surface area (Å²) in [5.74, 6) is 1.01. The Balaban J connectivity index is 1.77. The van der Waals surface area contributed by atoms with Crippen LogP contribution in [0.2, 0.25) is 0 Å². The predicted octanol–water partition coefficient (Wildman–Crippen LogP) is 3.38. The molecule has 0 bridgehead atoms. The number of fused-ring (bicyclic) bond motifs is 1. The summed E-state index contributed by atoms with van der Waals surface area (Å²) >= 11 is 1.46. The molecule has 0 spiro atoms. The van der Waals surface area contributed by atoms with Crippen LogP contribution in [0.3, 0.4) is 0 Å². The molecule has 0 fully saturated rings. The first kappa shape index (κ1) is 15.6. The number of anilines is 1. The minimum atomic E-state index is -0.248. The fourth-order valence-corrected chi connectivity index (χ4v) is 3.30. The summed E-state index contributed by atoms with van der Waals surface area (Å²) in [7, 11) is 1.96. The Labute approximate surface area is 138 Å². The van der Waals surface area contributed by atoms with E-state index in [-0.39, 0.29) is 11.2 Å². The number of nitrogens with one attached hydrogen (secondary N) is 1. The summed E-state index contributed by atoms with van der Waals surface area (Å²) in [6.45, 7) is 3.77. The first-order chi connectivity index (χ1) is 11.1. The Bertz CT molecular complexity index is 840. The van der Waals surface area contributed by atoms with Gasteiger partial charge in [-0.1, -0.05) is 36.0 Å². The smallest absolute Gasteiger partial charge is 0.239 e. The van der Waals surface area contributed by atoms with E-state index in [1.165, 1.54) is 11.8 Å². The Hall–Kier alpha value is -2.28. The van der Waals surface area contributed by atoms with Gasteiger partial charge in [-0.25, -0.2) is 4.98 Å². The number of aromatic nitrogens is 3. The highest BCUT2D eigenvalue weighted by atomic mass is 32.2. The second-order valence-electron chi connectivity index (χ2n) is 5.27. The van der Waals surface area contributed by atoms with E-state index in [9.17, 15) is 4.79 Å². The third-order valence-electron chi connectivity index (χ3n) is 3.54. The van der Waals surface area contributed by atoms with E-state index in [0.717, 1.165) is 16.2 Å². The average Bonchev–Trinajstić information content (AvgIpc) is 3.09. The number of thioether (sulfide) groups is 1. The molecule has 7 heteroatoms. The van der Waals surface area contributed by atoms with Gasteiger partial charge >= 0.3 is 0 Å². The van der Waals surface area contributed by atoms with Crippen LogP contribution in [-0.2, 0) is 11.8 Å². The molecule has 3 aromatic rings. The Morgan fingerprint density at radius 3 is 2.87 bits per heavy atom. The van der Waals surface area contributed by atoms with Crippen LogP contribution in [0.1, 0.15) is 19.1 Å². The fourth-order valence-electron chi connectivity index (χ4n) is 2.31. The second kappa shape index (κ2) is 6.45. The van der Waals surface area contributed by atoms with Crippen molar-refractivity contribution in [2.24, 2.45) is 7.05 Å². The Morgan fingerprint density at radius 2 is 2.22 bits per heavy atom. The van der Waals surface area contributed by atoms with E-state index in [1.54, 1.807) is 13.0 Å². The van der Waals surface area contributed by atoms with Crippen LogP contribution < -0.4 is 5.32 Å². The number of amides is 1. The molecule has 0 saturated carbocycles. The highest BCUT2D eigenvalue weighted by Gasteiger charge is 2.22. The number of hydrogen-bond acceptors (Lipinski definition) is 5. The summed E-state index contributed by atoms with van der Waals surface area (Å²) in [4.78, 5) is 17.0. The molecule has 0 aliphatic rings. The summed E-state index contributed by atoms with van der Waals surface area (Å²) in [5, 5.41) is 7.16. The molecule has 0 unspecified atom stereocenters. The zero-order valence-corrected chi connectivity index (χ0v) is 14.1. The number of carbonyl (C=O) groups excluding carboxylic acids is 1. The summed E-state index contributed by atoms with van der Waals surface area (Å²) in [5.41, 5.74) is 1.98. The van der Waals surface area contributed by atoms with E-state index in [2.05, 4.69) is 15.5 Å². The maximum absolute atomic E-state index is 12.4. The van der Waals surface area contributed by atoms with E-state index in [1.807, 2.05) is 42.8 Å². The molecule has 0 saturated heterocycles. The van der Waals surface area contributed by atoms with Crippen LogP contribution in [0.15, 0.2) is 40.0 Å². The summed E-state index contributed by atoms with van der Waals surface area (Å²) < 4.78 is 6.98. The summed E-state index contributed by atoms with van der Waals surface area (Å²) in [6, 6.07) is 9.63. The first-order valence-electron chi connectivity index (χ1n) is 7.40. The minimum absolute atomic E-state index is 0.0992. The van der Waals surface area contributed by atoms with Gasteiger partial charge in [-0.15, -0.1) is 0 Å². The Morgan fingerprint density at radius 1 is 1.43 bits per heavy atom. The van der Waals surface area contributed by atoms with Crippen molar-refractivity contribution in [2.75, 3.05) is 5.32 Å². The molecule has 2 aromatic heterocycles. The quantitative estimate of drug-likeness (QED) is 0.726.